The Morgan fingerprint density at radius 2 is 2.00 bits per heavy atom. The van der Waals surface area contributed by atoms with Crippen LogP contribution in [0.15, 0.2) is 23.2 Å². The lowest BCUT2D eigenvalue weighted by Crippen LogP contribution is -2.22. The molecule has 1 heterocycles. The minimum atomic E-state index is 0.122. The van der Waals surface area contributed by atoms with E-state index in [0.717, 1.165) is 5.69 Å². The lowest BCUT2D eigenvalue weighted by molar-refractivity contribution is 0.732. The molecule has 0 spiro atoms. The van der Waals surface area contributed by atoms with Crippen molar-refractivity contribution in [2.75, 3.05) is 0 Å². The fourth-order valence-electron chi connectivity index (χ4n) is 1.62. The number of hydrogen-bond donors (Lipinski definition) is 0. The lowest BCUT2D eigenvalue weighted by Gasteiger charge is -2.19. The van der Waals surface area contributed by atoms with Crippen LogP contribution in [0.3, 0.4) is 0 Å². The highest BCUT2D eigenvalue weighted by atomic mass is 127. The van der Waals surface area contributed by atoms with Crippen LogP contribution in [0.2, 0.25) is 0 Å². The van der Waals surface area contributed by atoms with Crippen molar-refractivity contribution in [1.82, 2.24) is 0 Å². The molecular formula is C11H12IN. The Morgan fingerprint density at radius 3 is 2.69 bits per heavy atom. The fraction of sp³-hybridized carbons (Fsp3) is 0.364. The Morgan fingerprint density at radius 1 is 1.31 bits per heavy atom. The highest BCUT2D eigenvalue weighted by Crippen LogP contribution is 2.40. The first-order valence-electron chi connectivity index (χ1n) is 4.37. The van der Waals surface area contributed by atoms with E-state index in [-0.39, 0.29) is 5.41 Å². The molecule has 68 valence electrons. The predicted octanol–water partition coefficient (Wildman–Crippen LogP) is 3.67. The van der Waals surface area contributed by atoms with Gasteiger partial charge < -0.3 is 0 Å². The van der Waals surface area contributed by atoms with E-state index >= 15 is 0 Å². The molecule has 0 amide bonds. The van der Waals surface area contributed by atoms with Crippen LogP contribution >= 0.6 is 22.6 Å². The van der Waals surface area contributed by atoms with Gasteiger partial charge in [-0.05, 0) is 53.3 Å². The molecule has 0 fully saturated rings. The third-order valence-corrected chi connectivity index (χ3v) is 3.50. The quantitative estimate of drug-likeness (QED) is 0.645. The molecule has 0 N–H and O–H groups in total. The molecule has 13 heavy (non-hydrogen) atoms. The smallest absolute Gasteiger partial charge is 0.0671 e. The van der Waals surface area contributed by atoms with E-state index in [1.165, 1.54) is 14.8 Å². The van der Waals surface area contributed by atoms with Gasteiger partial charge in [0.15, 0.2) is 0 Å². The van der Waals surface area contributed by atoms with Crippen molar-refractivity contribution in [3.8, 4) is 0 Å². The molecule has 0 unspecified atom stereocenters. The van der Waals surface area contributed by atoms with Gasteiger partial charge in [0.1, 0.15) is 0 Å². The SMILES string of the molecule is CC1=Nc2ccc(I)cc2C1(C)C. The number of halogens is 1. The number of hydrogen-bond acceptors (Lipinski definition) is 1. The molecule has 2 heteroatoms. The standard InChI is InChI=1S/C11H12IN/c1-7-11(2,3)9-6-8(12)4-5-10(9)13-7/h4-6H,1-3H3. The van der Waals surface area contributed by atoms with Crippen molar-refractivity contribution in [2.45, 2.75) is 26.2 Å². The average Bonchev–Trinajstić information content (AvgIpc) is 2.27. The van der Waals surface area contributed by atoms with Crippen LogP contribution in [0.25, 0.3) is 0 Å². The summed E-state index contributed by atoms with van der Waals surface area (Å²) >= 11 is 2.35. The molecule has 0 atom stereocenters. The predicted molar refractivity (Wildman–Crippen MR) is 65.0 cm³/mol. The van der Waals surface area contributed by atoms with Crippen molar-refractivity contribution in [2.24, 2.45) is 4.99 Å². The van der Waals surface area contributed by atoms with Gasteiger partial charge in [0.25, 0.3) is 0 Å². The molecule has 0 radical (unpaired) electrons. The zero-order valence-corrected chi connectivity index (χ0v) is 10.2. The summed E-state index contributed by atoms with van der Waals surface area (Å²) in [4.78, 5) is 4.56. The Bertz CT molecular complexity index is 391. The maximum absolute atomic E-state index is 4.56. The first-order valence-corrected chi connectivity index (χ1v) is 5.45. The van der Waals surface area contributed by atoms with Gasteiger partial charge in [-0.15, -0.1) is 0 Å². The highest BCUT2D eigenvalue weighted by molar-refractivity contribution is 14.1. The molecule has 2 rings (SSSR count). The van der Waals surface area contributed by atoms with E-state index in [0.29, 0.717) is 0 Å². The van der Waals surface area contributed by atoms with E-state index < -0.39 is 0 Å². The summed E-state index contributed by atoms with van der Waals surface area (Å²) in [6, 6.07) is 6.45. The summed E-state index contributed by atoms with van der Waals surface area (Å²) in [6.07, 6.45) is 0. The van der Waals surface area contributed by atoms with Crippen LogP contribution in [0.1, 0.15) is 26.3 Å². The molecule has 0 saturated carbocycles. The van der Waals surface area contributed by atoms with Crippen LogP contribution in [0, 0.1) is 3.57 Å². The van der Waals surface area contributed by atoms with Gasteiger partial charge in [-0.2, -0.15) is 0 Å². The largest absolute Gasteiger partial charge is 0.257 e. The van der Waals surface area contributed by atoms with Gasteiger partial charge in [-0.25, -0.2) is 0 Å². The summed E-state index contributed by atoms with van der Waals surface area (Å²) < 4.78 is 1.29. The summed E-state index contributed by atoms with van der Waals surface area (Å²) in [5.41, 5.74) is 3.83. The second-order valence-electron chi connectivity index (χ2n) is 3.98. The van der Waals surface area contributed by atoms with Gasteiger partial charge in [0.2, 0.25) is 0 Å². The zero-order chi connectivity index (χ0) is 9.64. The maximum atomic E-state index is 4.56. The molecule has 1 aliphatic heterocycles. The molecule has 0 saturated heterocycles. The van der Waals surface area contributed by atoms with E-state index in [1.807, 2.05) is 0 Å². The normalized spacial score (nSPS) is 18.3. The van der Waals surface area contributed by atoms with E-state index in [9.17, 15) is 0 Å². The minimum Gasteiger partial charge on any atom is -0.257 e. The van der Waals surface area contributed by atoms with Crippen molar-refractivity contribution < 1.29 is 0 Å². The number of rotatable bonds is 0. The maximum Gasteiger partial charge on any atom is 0.0671 e. The van der Waals surface area contributed by atoms with E-state index in [4.69, 9.17) is 0 Å². The molecule has 0 aromatic heterocycles. The molecule has 1 aromatic carbocycles. The Hall–Kier alpha value is -0.380. The minimum absolute atomic E-state index is 0.122. The van der Waals surface area contributed by atoms with Gasteiger partial charge >= 0.3 is 0 Å². The highest BCUT2D eigenvalue weighted by Gasteiger charge is 2.31. The van der Waals surface area contributed by atoms with Gasteiger partial charge in [0.05, 0.1) is 5.69 Å². The fourth-order valence-corrected chi connectivity index (χ4v) is 2.11. The third kappa shape index (κ3) is 1.31. The first-order chi connectivity index (χ1) is 6.01. The molecule has 0 bridgehead atoms. The van der Waals surface area contributed by atoms with Crippen LogP contribution in [-0.4, -0.2) is 5.71 Å². The summed E-state index contributed by atoms with van der Waals surface area (Å²) in [5, 5.41) is 0. The monoisotopic (exact) mass is 285 g/mol. The van der Waals surface area contributed by atoms with Crippen molar-refractivity contribution >= 4 is 34.0 Å². The summed E-state index contributed by atoms with van der Waals surface area (Å²) in [7, 11) is 0. The lowest BCUT2D eigenvalue weighted by atomic mass is 9.82. The van der Waals surface area contributed by atoms with E-state index in [1.54, 1.807) is 0 Å². The zero-order valence-electron chi connectivity index (χ0n) is 8.06. The van der Waals surface area contributed by atoms with Crippen molar-refractivity contribution in [1.29, 1.82) is 0 Å². The van der Waals surface area contributed by atoms with E-state index in [2.05, 4.69) is 66.6 Å². The Kier molecular flexibility index (Phi) is 1.98. The topological polar surface area (TPSA) is 12.4 Å². The molecule has 1 aromatic rings. The second-order valence-corrected chi connectivity index (χ2v) is 5.23. The summed E-state index contributed by atoms with van der Waals surface area (Å²) in [6.45, 7) is 6.56. The van der Waals surface area contributed by atoms with Crippen LogP contribution in [-0.2, 0) is 5.41 Å². The van der Waals surface area contributed by atoms with Gasteiger partial charge in [0, 0.05) is 14.7 Å². The number of nitrogens with zero attached hydrogens (tertiary/aromatic N) is 1. The van der Waals surface area contributed by atoms with Crippen LogP contribution < -0.4 is 0 Å². The number of aliphatic imine (C=N–C) groups is 1. The van der Waals surface area contributed by atoms with Crippen molar-refractivity contribution in [3.05, 3.63) is 27.3 Å². The Labute approximate surface area is 92.4 Å². The second kappa shape index (κ2) is 2.80. The van der Waals surface area contributed by atoms with Gasteiger partial charge in [-0.3, -0.25) is 4.99 Å². The summed E-state index contributed by atoms with van der Waals surface area (Å²) in [5.74, 6) is 0. The van der Waals surface area contributed by atoms with Crippen LogP contribution in [0.5, 0.6) is 0 Å². The van der Waals surface area contributed by atoms with Gasteiger partial charge in [-0.1, -0.05) is 13.8 Å². The number of fused-ring (bicyclic) bond motifs is 1. The van der Waals surface area contributed by atoms with Crippen molar-refractivity contribution in [3.63, 3.8) is 0 Å². The molecular weight excluding hydrogens is 273 g/mol. The first kappa shape index (κ1) is 9.19. The number of benzene rings is 1. The Balaban J connectivity index is 2.65. The van der Waals surface area contributed by atoms with Crippen LogP contribution in [0.4, 0.5) is 5.69 Å². The molecule has 1 nitrogen and oxygen atoms in total. The average molecular weight is 285 g/mol. The third-order valence-electron chi connectivity index (χ3n) is 2.82. The molecule has 0 aliphatic carbocycles. The molecule has 1 aliphatic rings.